The normalized spacial score (nSPS) is 14.9. The second kappa shape index (κ2) is 10.9. The molecule has 0 radical (unpaired) electrons. The molecule has 0 amide bonds. The molecule has 36 heavy (non-hydrogen) atoms. The molecule has 8 heteroatoms. The van der Waals surface area contributed by atoms with Crippen molar-refractivity contribution in [1.82, 2.24) is 9.97 Å². The van der Waals surface area contributed by atoms with Gasteiger partial charge in [0.25, 0.3) is 0 Å². The molecule has 0 atom stereocenters. The van der Waals surface area contributed by atoms with Crippen molar-refractivity contribution in [1.29, 1.82) is 0 Å². The fraction of sp³-hybridized carbons (Fsp3) is 0.321. The number of aromatic hydroxyl groups is 2. The van der Waals surface area contributed by atoms with Crippen LogP contribution in [-0.2, 0) is 11.2 Å². The van der Waals surface area contributed by atoms with Crippen LogP contribution in [0.25, 0.3) is 22.2 Å². The van der Waals surface area contributed by atoms with E-state index in [1.165, 1.54) is 6.33 Å². The predicted octanol–water partition coefficient (Wildman–Crippen LogP) is 5.48. The number of nitrogens with zero attached hydrogens (tertiary/aromatic N) is 4. The molecule has 0 bridgehead atoms. The third kappa shape index (κ3) is 5.09. The first-order chi connectivity index (χ1) is 17.3. The summed E-state index contributed by atoms with van der Waals surface area (Å²) in [6.07, 6.45) is 6.39. The lowest BCUT2D eigenvalue weighted by Crippen LogP contribution is -2.36. The van der Waals surface area contributed by atoms with Crippen molar-refractivity contribution in [2.24, 2.45) is 4.99 Å². The van der Waals surface area contributed by atoms with Crippen LogP contribution < -0.4 is 4.90 Å². The molecule has 0 aliphatic carbocycles. The van der Waals surface area contributed by atoms with E-state index in [1.807, 2.05) is 32.1 Å². The molecular formula is C28H31FN4O3. The van der Waals surface area contributed by atoms with E-state index in [2.05, 4.69) is 26.6 Å². The van der Waals surface area contributed by atoms with Gasteiger partial charge in [-0.1, -0.05) is 18.6 Å². The molecule has 0 spiro atoms. The van der Waals surface area contributed by atoms with Gasteiger partial charge in [0, 0.05) is 41.4 Å². The van der Waals surface area contributed by atoms with Crippen LogP contribution >= 0.6 is 0 Å². The highest BCUT2D eigenvalue weighted by Gasteiger charge is 2.22. The van der Waals surface area contributed by atoms with Crippen LogP contribution in [0.5, 0.6) is 11.5 Å². The highest BCUT2D eigenvalue weighted by atomic mass is 19.1. The maximum atomic E-state index is 15.2. The van der Waals surface area contributed by atoms with Gasteiger partial charge in [-0.3, -0.25) is 4.99 Å². The first-order valence-electron chi connectivity index (χ1n) is 12.0. The molecule has 2 N–H and O–H groups in total. The molecule has 2 heterocycles. The quantitative estimate of drug-likeness (QED) is 0.337. The Morgan fingerprint density at radius 1 is 1.19 bits per heavy atom. The first kappa shape index (κ1) is 25.3. The lowest BCUT2D eigenvalue weighted by molar-refractivity contribution is 0.122. The SMILES string of the molecule is C=N/C(=C\C=C(/C)Cc1cc(-c2ncnc3cc(N4CCOCC4)c(O)c(C)c23)c(F)cc1O)CC. The van der Waals surface area contributed by atoms with Crippen LogP contribution in [0.1, 0.15) is 31.4 Å². The Morgan fingerprint density at radius 2 is 1.94 bits per heavy atom. The number of aryl methyl sites for hydroxylation is 1. The van der Waals surface area contributed by atoms with Crippen LogP contribution in [-0.4, -0.2) is 53.2 Å². The Bertz CT molecular complexity index is 1360. The molecule has 1 aliphatic heterocycles. The highest BCUT2D eigenvalue weighted by molar-refractivity contribution is 5.99. The number of halogens is 1. The van der Waals surface area contributed by atoms with Crippen molar-refractivity contribution in [3.8, 4) is 22.8 Å². The Kier molecular flexibility index (Phi) is 7.64. The number of rotatable bonds is 7. The summed E-state index contributed by atoms with van der Waals surface area (Å²) in [4.78, 5) is 14.8. The Labute approximate surface area is 210 Å². The van der Waals surface area contributed by atoms with E-state index in [9.17, 15) is 10.2 Å². The molecule has 1 aliphatic rings. The van der Waals surface area contributed by atoms with E-state index >= 15 is 4.39 Å². The summed E-state index contributed by atoms with van der Waals surface area (Å²) < 4.78 is 20.6. The summed E-state index contributed by atoms with van der Waals surface area (Å²) in [5.74, 6) is -0.607. The summed E-state index contributed by atoms with van der Waals surface area (Å²) in [5, 5.41) is 22.1. The zero-order valence-electron chi connectivity index (χ0n) is 20.9. The summed E-state index contributed by atoms with van der Waals surface area (Å²) in [6, 6.07) is 4.54. The van der Waals surface area contributed by atoms with E-state index in [0.29, 0.717) is 66.1 Å². The molecule has 4 rings (SSSR count). The van der Waals surface area contributed by atoms with Crippen molar-refractivity contribution >= 4 is 23.3 Å². The molecule has 0 saturated carbocycles. The molecule has 1 saturated heterocycles. The molecule has 3 aromatic rings. The Hall–Kier alpha value is -3.78. The van der Waals surface area contributed by atoms with Gasteiger partial charge in [0.15, 0.2) is 0 Å². The van der Waals surface area contributed by atoms with Gasteiger partial charge >= 0.3 is 0 Å². The third-order valence-corrected chi connectivity index (χ3v) is 6.49. The predicted molar refractivity (Wildman–Crippen MR) is 141 cm³/mol. The summed E-state index contributed by atoms with van der Waals surface area (Å²) in [5.41, 5.74) is 4.85. The smallest absolute Gasteiger partial charge is 0.142 e. The summed E-state index contributed by atoms with van der Waals surface area (Å²) >= 11 is 0. The van der Waals surface area contributed by atoms with E-state index in [1.54, 1.807) is 13.0 Å². The topological polar surface area (TPSA) is 91.1 Å². The van der Waals surface area contributed by atoms with Crippen molar-refractivity contribution < 1.29 is 19.3 Å². The third-order valence-electron chi connectivity index (χ3n) is 6.49. The number of phenolic OH excluding ortho intramolecular Hbond substituents is 2. The minimum absolute atomic E-state index is 0.119. The second-order valence-electron chi connectivity index (χ2n) is 8.91. The van der Waals surface area contributed by atoms with Crippen molar-refractivity contribution in [2.45, 2.75) is 33.6 Å². The maximum Gasteiger partial charge on any atom is 0.142 e. The standard InChI is InChI=1S/C28H31FN4O3/c1-5-20(30-4)7-6-17(2)12-19-13-21(22(29)14-25(19)34)27-26-18(3)28(35)24(15-23(26)31-16-32-27)33-8-10-36-11-9-33/h6-7,13-16,34-35H,4-5,8-12H2,1-3H3/b17-6+,20-7-. The number of aliphatic imine (C=N–C) groups is 1. The zero-order chi connectivity index (χ0) is 25.8. The van der Waals surface area contributed by atoms with Crippen LogP contribution in [0, 0.1) is 12.7 Å². The van der Waals surface area contributed by atoms with Gasteiger partial charge in [-0.15, -0.1) is 0 Å². The van der Waals surface area contributed by atoms with Crippen molar-refractivity contribution in [3.05, 3.63) is 64.9 Å². The molecule has 1 aromatic heterocycles. The van der Waals surface area contributed by atoms with Crippen molar-refractivity contribution in [2.75, 3.05) is 31.2 Å². The fourth-order valence-corrected chi connectivity index (χ4v) is 4.45. The molecule has 7 nitrogen and oxygen atoms in total. The number of morpholine rings is 1. The Balaban J connectivity index is 1.79. The van der Waals surface area contributed by atoms with E-state index in [4.69, 9.17) is 4.74 Å². The van der Waals surface area contributed by atoms with Gasteiger partial charge in [-0.2, -0.15) is 0 Å². The minimum atomic E-state index is -0.599. The van der Waals surface area contributed by atoms with E-state index < -0.39 is 5.82 Å². The lowest BCUT2D eigenvalue weighted by Gasteiger charge is -2.30. The summed E-state index contributed by atoms with van der Waals surface area (Å²) in [7, 11) is 0. The van der Waals surface area contributed by atoms with Gasteiger partial charge in [0.05, 0.1) is 30.1 Å². The number of anilines is 1. The van der Waals surface area contributed by atoms with Crippen LogP contribution in [0.2, 0.25) is 0 Å². The van der Waals surface area contributed by atoms with Crippen LogP contribution in [0.3, 0.4) is 0 Å². The van der Waals surface area contributed by atoms with Gasteiger partial charge < -0.3 is 19.8 Å². The zero-order valence-corrected chi connectivity index (χ0v) is 20.9. The number of aromatic nitrogens is 2. The number of hydrogen-bond donors (Lipinski definition) is 2. The molecule has 188 valence electrons. The molecular weight excluding hydrogens is 459 g/mol. The van der Waals surface area contributed by atoms with Gasteiger partial charge in [-0.25, -0.2) is 14.4 Å². The Morgan fingerprint density at radius 3 is 2.64 bits per heavy atom. The van der Waals surface area contributed by atoms with Gasteiger partial charge in [-0.05, 0) is 57.2 Å². The average Bonchev–Trinajstić information content (AvgIpc) is 2.88. The number of phenols is 2. The highest BCUT2D eigenvalue weighted by Crippen LogP contribution is 2.41. The number of ether oxygens (including phenoxy) is 1. The lowest BCUT2D eigenvalue weighted by atomic mass is 9.96. The summed E-state index contributed by atoms with van der Waals surface area (Å²) in [6.45, 7) is 11.8. The average molecular weight is 491 g/mol. The number of hydrogen-bond acceptors (Lipinski definition) is 7. The van der Waals surface area contributed by atoms with E-state index in [0.717, 1.165) is 23.8 Å². The monoisotopic (exact) mass is 490 g/mol. The van der Waals surface area contributed by atoms with Crippen LogP contribution in [0.4, 0.5) is 10.1 Å². The number of fused-ring (bicyclic) bond motifs is 1. The van der Waals surface area contributed by atoms with Gasteiger partial charge in [0.1, 0.15) is 23.6 Å². The molecule has 0 unspecified atom stereocenters. The number of allylic oxidation sites excluding steroid dienone is 4. The van der Waals surface area contributed by atoms with E-state index in [-0.39, 0.29) is 17.1 Å². The first-order valence-corrected chi connectivity index (χ1v) is 12.0. The maximum absolute atomic E-state index is 15.2. The van der Waals surface area contributed by atoms with Crippen LogP contribution in [0.15, 0.2) is 52.9 Å². The van der Waals surface area contributed by atoms with Crippen molar-refractivity contribution in [3.63, 3.8) is 0 Å². The minimum Gasteiger partial charge on any atom is -0.508 e. The second-order valence-corrected chi connectivity index (χ2v) is 8.91. The number of benzene rings is 2. The molecule has 1 fully saturated rings. The largest absolute Gasteiger partial charge is 0.508 e. The fourth-order valence-electron chi connectivity index (χ4n) is 4.45. The van der Waals surface area contributed by atoms with Gasteiger partial charge in [0.2, 0.25) is 0 Å². The molecule has 2 aromatic carbocycles.